The molecule has 1 aromatic carbocycles. The van der Waals surface area contributed by atoms with Gasteiger partial charge in [-0.2, -0.15) is 0 Å². The quantitative estimate of drug-likeness (QED) is 0.894. The Labute approximate surface area is 109 Å². The maximum atomic E-state index is 12.1. The second-order valence-electron chi connectivity index (χ2n) is 4.59. The summed E-state index contributed by atoms with van der Waals surface area (Å²) in [7, 11) is -3.45. The minimum atomic E-state index is -3.45. The van der Waals surface area contributed by atoms with Crippen molar-refractivity contribution in [2.24, 2.45) is 0 Å². The van der Waals surface area contributed by atoms with Crippen molar-refractivity contribution in [3.8, 4) is 5.75 Å². The van der Waals surface area contributed by atoms with Crippen LogP contribution in [0.2, 0.25) is 0 Å². The number of sulfonamides is 1. The van der Waals surface area contributed by atoms with E-state index >= 15 is 0 Å². The van der Waals surface area contributed by atoms with Crippen molar-refractivity contribution >= 4 is 10.0 Å². The predicted octanol–water partition coefficient (Wildman–Crippen LogP) is 2.39. The Balaban J connectivity index is 3.23. The summed E-state index contributed by atoms with van der Waals surface area (Å²) in [6, 6.07) is 3.31. The second kappa shape index (κ2) is 5.71. The standard InChI is InChI=1S/C13H21NO3S/c1-6-17-12-7-11(5)13(8-10(12)4)18(15,16)14-9(2)3/h7-9,14H,6H2,1-5H3. The molecule has 1 aromatic rings. The highest BCUT2D eigenvalue weighted by atomic mass is 32.2. The fraction of sp³-hybridized carbons (Fsp3) is 0.538. The van der Waals surface area contributed by atoms with Crippen LogP contribution in [0.15, 0.2) is 17.0 Å². The smallest absolute Gasteiger partial charge is 0.241 e. The molecule has 0 aliphatic rings. The Bertz CT molecular complexity index is 521. The maximum absolute atomic E-state index is 12.1. The first-order valence-corrected chi connectivity index (χ1v) is 7.52. The zero-order valence-electron chi connectivity index (χ0n) is 11.6. The van der Waals surface area contributed by atoms with Gasteiger partial charge < -0.3 is 4.74 Å². The average Bonchev–Trinajstić information content (AvgIpc) is 2.21. The van der Waals surface area contributed by atoms with E-state index in [0.29, 0.717) is 17.1 Å². The van der Waals surface area contributed by atoms with E-state index in [2.05, 4.69) is 4.72 Å². The van der Waals surface area contributed by atoms with Gasteiger partial charge in [0, 0.05) is 6.04 Å². The highest BCUT2D eigenvalue weighted by Gasteiger charge is 2.19. The lowest BCUT2D eigenvalue weighted by Crippen LogP contribution is -2.30. The van der Waals surface area contributed by atoms with Crippen molar-refractivity contribution < 1.29 is 13.2 Å². The fourth-order valence-corrected chi connectivity index (χ4v) is 3.30. The highest BCUT2D eigenvalue weighted by Crippen LogP contribution is 2.25. The lowest BCUT2D eigenvalue weighted by molar-refractivity contribution is 0.337. The van der Waals surface area contributed by atoms with Gasteiger partial charge in [-0.05, 0) is 57.9 Å². The summed E-state index contributed by atoms with van der Waals surface area (Å²) in [5, 5.41) is 0. The van der Waals surface area contributed by atoms with Crippen LogP contribution in [-0.4, -0.2) is 21.1 Å². The lowest BCUT2D eigenvalue weighted by atomic mass is 10.1. The first-order chi connectivity index (χ1) is 8.27. The number of rotatable bonds is 5. The molecule has 0 radical (unpaired) electrons. The van der Waals surface area contributed by atoms with E-state index in [1.165, 1.54) is 0 Å². The molecular formula is C13H21NO3S. The van der Waals surface area contributed by atoms with Crippen molar-refractivity contribution in [2.75, 3.05) is 6.61 Å². The van der Waals surface area contributed by atoms with E-state index in [4.69, 9.17) is 4.74 Å². The summed E-state index contributed by atoms with van der Waals surface area (Å²) in [5.41, 5.74) is 1.52. The first kappa shape index (κ1) is 15.0. The number of hydrogen-bond acceptors (Lipinski definition) is 3. The van der Waals surface area contributed by atoms with E-state index in [1.54, 1.807) is 32.9 Å². The van der Waals surface area contributed by atoms with E-state index in [-0.39, 0.29) is 6.04 Å². The molecule has 18 heavy (non-hydrogen) atoms. The Hall–Kier alpha value is -1.07. The summed E-state index contributed by atoms with van der Waals surface area (Å²) in [6.07, 6.45) is 0. The van der Waals surface area contributed by atoms with Crippen molar-refractivity contribution in [3.05, 3.63) is 23.3 Å². The maximum Gasteiger partial charge on any atom is 0.241 e. The minimum Gasteiger partial charge on any atom is -0.494 e. The molecule has 0 amide bonds. The van der Waals surface area contributed by atoms with E-state index in [9.17, 15) is 8.42 Å². The first-order valence-electron chi connectivity index (χ1n) is 6.04. The third kappa shape index (κ3) is 3.46. The van der Waals surface area contributed by atoms with Gasteiger partial charge >= 0.3 is 0 Å². The number of ether oxygens (including phenoxy) is 1. The Morgan fingerprint density at radius 1 is 1.22 bits per heavy atom. The second-order valence-corrected chi connectivity index (χ2v) is 6.27. The summed E-state index contributed by atoms with van der Waals surface area (Å²) in [5.74, 6) is 0.735. The van der Waals surface area contributed by atoms with E-state index < -0.39 is 10.0 Å². The molecule has 0 saturated heterocycles. The largest absolute Gasteiger partial charge is 0.494 e. The highest BCUT2D eigenvalue weighted by molar-refractivity contribution is 7.89. The number of nitrogens with one attached hydrogen (secondary N) is 1. The zero-order chi connectivity index (χ0) is 13.9. The molecule has 0 spiro atoms. The van der Waals surface area contributed by atoms with Gasteiger partial charge in [0.05, 0.1) is 11.5 Å². The van der Waals surface area contributed by atoms with Crippen LogP contribution in [0.25, 0.3) is 0 Å². The molecule has 0 aliphatic heterocycles. The summed E-state index contributed by atoms with van der Waals surface area (Å²) < 4.78 is 32.3. The Morgan fingerprint density at radius 2 is 1.83 bits per heavy atom. The molecule has 0 unspecified atom stereocenters. The molecule has 0 aromatic heterocycles. The third-order valence-electron chi connectivity index (χ3n) is 2.45. The molecular weight excluding hydrogens is 250 g/mol. The van der Waals surface area contributed by atoms with Gasteiger partial charge in [-0.15, -0.1) is 0 Å². The van der Waals surface area contributed by atoms with Crippen LogP contribution in [0, 0.1) is 13.8 Å². The molecule has 1 rings (SSSR count). The van der Waals surface area contributed by atoms with Crippen molar-refractivity contribution in [2.45, 2.75) is 45.6 Å². The topological polar surface area (TPSA) is 55.4 Å². The van der Waals surface area contributed by atoms with E-state index in [0.717, 1.165) is 11.3 Å². The SMILES string of the molecule is CCOc1cc(C)c(S(=O)(=O)NC(C)C)cc1C. The van der Waals surface area contributed by atoms with Crippen LogP contribution in [-0.2, 0) is 10.0 Å². The molecule has 0 bridgehead atoms. The molecule has 0 aliphatic carbocycles. The molecule has 0 fully saturated rings. The molecule has 1 N–H and O–H groups in total. The van der Waals surface area contributed by atoms with Gasteiger partial charge in [0.1, 0.15) is 5.75 Å². The van der Waals surface area contributed by atoms with Crippen LogP contribution in [0.5, 0.6) is 5.75 Å². The van der Waals surface area contributed by atoms with Gasteiger partial charge in [0.25, 0.3) is 0 Å². The molecule has 102 valence electrons. The predicted molar refractivity (Wildman–Crippen MR) is 72.5 cm³/mol. The Kier molecular flexibility index (Phi) is 4.76. The van der Waals surface area contributed by atoms with Crippen molar-refractivity contribution in [3.63, 3.8) is 0 Å². The molecule has 0 saturated carbocycles. The fourth-order valence-electron chi connectivity index (χ4n) is 1.74. The number of aryl methyl sites for hydroxylation is 2. The van der Waals surface area contributed by atoms with E-state index in [1.807, 2.05) is 13.8 Å². The number of hydrogen-bond donors (Lipinski definition) is 1. The van der Waals surface area contributed by atoms with Gasteiger partial charge in [0.2, 0.25) is 10.0 Å². The summed E-state index contributed by atoms with van der Waals surface area (Å²) >= 11 is 0. The Morgan fingerprint density at radius 3 is 2.33 bits per heavy atom. The molecule has 0 atom stereocenters. The summed E-state index contributed by atoms with van der Waals surface area (Å²) in [4.78, 5) is 0.317. The molecule has 0 heterocycles. The van der Waals surface area contributed by atoms with Gasteiger partial charge in [-0.25, -0.2) is 13.1 Å². The molecule has 5 heteroatoms. The van der Waals surface area contributed by atoms with Crippen LogP contribution >= 0.6 is 0 Å². The normalized spacial score (nSPS) is 11.9. The van der Waals surface area contributed by atoms with Gasteiger partial charge in [-0.3, -0.25) is 0 Å². The monoisotopic (exact) mass is 271 g/mol. The third-order valence-corrected chi connectivity index (χ3v) is 4.25. The van der Waals surface area contributed by atoms with Crippen LogP contribution in [0.1, 0.15) is 31.9 Å². The van der Waals surface area contributed by atoms with Crippen molar-refractivity contribution in [1.82, 2.24) is 4.72 Å². The lowest BCUT2D eigenvalue weighted by Gasteiger charge is -2.15. The van der Waals surface area contributed by atoms with Gasteiger partial charge in [-0.1, -0.05) is 0 Å². The van der Waals surface area contributed by atoms with Crippen LogP contribution < -0.4 is 9.46 Å². The molecule has 4 nitrogen and oxygen atoms in total. The van der Waals surface area contributed by atoms with Gasteiger partial charge in [0.15, 0.2) is 0 Å². The zero-order valence-corrected chi connectivity index (χ0v) is 12.4. The minimum absolute atomic E-state index is 0.124. The average molecular weight is 271 g/mol. The summed E-state index contributed by atoms with van der Waals surface area (Å²) in [6.45, 7) is 9.69. The van der Waals surface area contributed by atoms with Crippen molar-refractivity contribution in [1.29, 1.82) is 0 Å². The number of benzene rings is 1. The van der Waals surface area contributed by atoms with Crippen LogP contribution in [0.3, 0.4) is 0 Å². The van der Waals surface area contributed by atoms with Crippen LogP contribution in [0.4, 0.5) is 0 Å².